The first-order valence-electron chi connectivity index (χ1n) is 5.59. The number of H-pyrrole nitrogens is 1. The Morgan fingerprint density at radius 1 is 1.14 bits per heavy atom. The molecule has 1 rings (SSSR count). The first-order valence-corrected chi connectivity index (χ1v) is 5.59. The minimum absolute atomic E-state index is 0.312. The van der Waals surface area contributed by atoms with E-state index in [1.165, 1.54) is 6.92 Å². The molecule has 0 radical (unpaired) electrons. The highest BCUT2D eigenvalue weighted by Crippen LogP contribution is 2.45. The molecular weight excluding hydrogens is 325 g/mol. The first-order chi connectivity index (χ1) is 9.79. The second kappa shape index (κ2) is 5.61. The summed E-state index contributed by atoms with van der Waals surface area (Å²) in [5.74, 6) is -1.56. The van der Waals surface area contributed by atoms with E-state index in [0.29, 0.717) is 5.69 Å². The van der Waals surface area contributed by atoms with Crippen LogP contribution in [0.15, 0.2) is 17.1 Å². The Hall–Kier alpha value is -2.07. The van der Waals surface area contributed by atoms with Crippen LogP contribution in [0.25, 0.3) is 0 Å². The van der Waals surface area contributed by atoms with Gasteiger partial charge in [-0.25, -0.2) is 4.39 Å². The Labute approximate surface area is 118 Å². The predicted molar refractivity (Wildman–Crippen MR) is 60.1 cm³/mol. The lowest BCUT2D eigenvalue weighted by atomic mass is 10.1. The zero-order valence-electron chi connectivity index (χ0n) is 10.8. The van der Waals surface area contributed by atoms with Gasteiger partial charge in [-0.15, -0.1) is 0 Å². The third kappa shape index (κ3) is 3.39. The van der Waals surface area contributed by atoms with Crippen LogP contribution in [0.2, 0.25) is 0 Å². The third-order valence-corrected chi connectivity index (χ3v) is 2.69. The largest absolute Gasteiger partial charge is 0.433 e. The average Bonchev–Trinajstić information content (AvgIpc) is 2.32. The Balaban J connectivity index is 3.00. The fourth-order valence-electron chi connectivity index (χ4n) is 1.41. The molecule has 11 heteroatoms. The van der Waals surface area contributed by atoms with Crippen molar-refractivity contribution in [2.75, 3.05) is 6.54 Å². The van der Waals surface area contributed by atoms with Crippen molar-refractivity contribution in [3.05, 3.63) is 33.7 Å². The standard InChI is InChI=1S/C11H9F7N2O2/c1-5-2-7(21)6(3-19-5)8(22)20-4-9(12,10(13,14)15)11(16,17)18/h2-3H,4H2,1H3,(H,19,21)(H,20,22). The number of aryl methyl sites for hydroxylation is 1. The minimum atomic E-state index is -6.28. The van der Waals surface area contributed by atoms with Crippen LogP contribution in [0, 0.1) is 6.92 Å². The zero-order chi connectivity index (χ0) is 17.3. The molecule has 0 fully saturated rings. The number of carbonyl (C=O) groups excluding carboxylic acids is 1. The van der Waals surface area contributed by atoms with Crippen molar-refractivity contribution >= 4 is 5.91 Å². The molecule has 124 valence electrons. The molecule has 0 aliphatic carbocycles. The van der Waals surface area contributed by atoms with Crippen molar-refractivity contribution in [1.82, 2.24) is 10.3 Å². The van der Waals surface area contributed by atoms with E-state index in [4.69, 9.17) is 0 Å². The lowest BCUT2D eigenvalue weighted by molar-refractivity contribution is -0.338. The number of hydrogen-bond donors (Lipinski definition) is 2. The summed E-state index contributed by atoms with van der Waals surface area (Å²) in [6.07, 6.45) is -11.8. The highest BCUT2D eigenvalue weighted by molar-refractivity contribution is 5.93. The van der Waals surface area contributed by atoms with Crippen LogP contribution >= 0.6 is 0 Å². The van der Waals surface area contributed by atoms with Gasteiger partial charge in [0.1, 0.15) is 5.56 Å². The summed E-state index contributed by atoms with van der Waals surface area (Å²) in [6, 6.07) is 0.908. The maximum Gasteiger partial charge on any atom is 0.433 e. The molecule has 0 atom stereocenters. The number of carbonyl (C=O) groups is 1. The van der Waals surface area contributed by atoms with Gasteiger partial charge in [-0.1, -0.05) is 0 Å². The second-order valence-corrected chi connectivity index (χ2v) is 4.37. The summed E-state index contributed by atoms with van der Waals surface area (Å²) >= 11 is 0. The Morgan fingerprint density at radius 3 is 2.05 bits per heavy atom. The molecular formula is C11H9F7N2O2. The molecule has 1 aromatic heterocycles. The van der Waals surface area contributed by atoms with Gasteiger partial charge in [0.05, 0.1) is 6.54 Å². The van der Waals surface area contributed by atoms with Gasteiger partial charge in [-0.2, -0.15) is 26.3 Å². The van der Waals surface area contributed by atoms with Crippen LogP contribution in [0.5, 0.6) is 0 Å². The number of rotatable bonds is 3. The lowest BCUT2D eigenvalue weighted by Gasteiger charge is -2.29. The van der Waals surface area contributed by atoms with E-state index in [0.717, 1.165) is 17.6 Å². The van der Waals surface area contributed by atoms with Crippen molar-refractivity contribution < 1.29 is 35.5 Å². The van der Waals surface area contributed by atoms with E-state index in [2.05, 4.69) is 4.98 Å². The molecule has 0 aliphatic heterocycles. The SMILES string of the molecule is Cc1cc(=O)c(C(=O)NCC(F)(C(F)(F)F)C(F)(F)F)c[nH]1. The first kappa shape index (κ1) is 18.0. The van der Waals surface area contributed by atoms with E-state index in [-0.39, 0.29) is 0 Å². The molecule has 0 saturated carbocycles. The van der Waals surface area contributed by atoms with E-state index >= 15 is 0 Å². The van der Waals surface area contributed by atoms with Crippen LogP contribution in [0.4, 0.5) is 30.7 Å². The smallest absolute Gasteiger partial charge is 0.364 e. The van der Waals surface area contributed by atoms with Crippen molar-refractivity contribution in [2.24, 2.45) is 0 Å². The summed E-state index contributed by atoms with van der Waals surface area (Å²) in [5.41, 5.74) is -6.98. The Bertz CT molecular complexity index is 604. The summed E-state index contributed by atoms with van der Waals surface area (Å²) in [7, 11) is 0. The predicted octanol–water partition coefficient (Wildman–Crippen LogP) is 2.25. The molecule has 0 bridgehead atoms. The minimum Gasteiger partial charge on any atom is -0.364 e. The van der Waals surface area contributed by atoms with Crippen LogP contribution in [-0.4, -0.2) is 35.5 Å². The van der Waals surface area contributed by atoms with Crippen molar-refractivity contribution in [1.29, 1.82) is 0 Å². The van der Waals surface area contributed by atoms with Gasteiger partial charge in [-0.05, 0) is 6.92 Å². The quantitative estimate of drug-likeness (QED) is 0.833. The summed E-state index contributed by atoms with van der Waals surface area (Å²) in [4.78, 5) is 25.2. The van der Waals surface area contributed by atoms with E-state index in [1.54, 1.807) is 0 Å². The number of pyridine rings is 1. The maximum absolute atomic E-state index is 13.3. The summed E-state index contributed by atoms with van der Waals surface area (Å²) < 4.78 is 86.9. The number of aromatic nitrogens is 1. The number of amides is 1. The van der Waals surface area contributed by atoms with E-state index < -0.39 is 41.5 Å². The van der Waals surface area contributed by atoms with Gasteiger partial charge in [0.2, 0.25) is 0 Å². The van der Waals surface area contributed by atoms with Crippen molar-refractivity contribution in [3.63, 3.8) is 0 Å². The van der Waals surface area contributed by atoms with E-state index in [9.17, 15) is 40.3 Å². The topological polar surface area (TPSA) is 62.0 Å². The maximum atomic E-state index is 13.3. The molecule has 0 unspecified atom stereocenters. The molecule has 2 N–H and O–H groups in total. The van der Waals surface area contributed by atoms with Gasteiger partial charge in [-0.3, -0.25) is 9.59 Å². The molecule has 0 aliphatic rings. The van der Waals surface area contributed by atoms with Crippen LogP contribution < -0.4 is 10.7 Å². The summed E-state index contributed by atoms with van der Waals surface area (Å²) in [6.45, 7) is -0.963. The molecule has 0 spiro atoms. The lowest BCUT2D eigenvalue weighted by Crippen LogP contribution is -2.59. The van der Waals surface area contributed by atoms with Crippen LogP contribution in [0.1, 0.15) is 16.1 Å². The number of hydrogen-bond acceptors (Lipinski definition) is 2. The number of alkyl halides is 7. The zero-order valence-corrected chi connectivity index (χ0v) is 10.8. The Morgan fingerprint density at radius 2 is 1.64 bits per heavy atom. The Kier molecular flexibility index (Phi) is 4.59. The van der Waals surface area contributed by atoms with E-state index in [1.807, 2.05) is 0 Å². The summed E-state index contributed by atoms with van der Waals surface area (Å²) in [5, 5.41) is 1.14. The normalized spacial score (nSPS) is 13.1. The van der Waals surface area contributed by atoms with Gasteiger partial charge in [0, 0.05) is 18.0 Å². The fraction of sp³-hybridized carbons (Fsp3) is 0.455. The van der Waals surface area contributed by atoms with Gasteiger partial charge in [0.25, 0.3) is 5.91 Å². The molecule has 1 aromatic rings. The third-order valence-electron chi connectivity index (χ3n) is 2.69. The van der Waals surface area contributed by atoms with Crippen LogP contribution in [-0.2, 0) is 0 Å². The second-order valence-electron chi connectivity index (χ2n) is 4.37. The molecule has 0 aromatic carbocycles. The van der Waals surface area contributed by atoms with Crippen molar-refractivity contribution in [3.8, 4) is 0 Å². The fourth-order valence-corrected chi connectivity index (χ4v) is 1.41. The highest BCUT2D eigenvalue weighted by Gasteiger charge is 2.72. The number of halogens is 7. The highest BCUT2D eigenvalue weighted by atomic mass is 19.4. The van der Waals surface area contributed by atoms with Crippen molar-refractivity contribution in [2.45, 2.75) is 24.9 Å². The average molecular weight is 334 g/mol. The van der Waals surface area contributed by atoms with Gasteiger partial charge < -0.3 is 10.3 Å². The molecule has 1 heterocycles. The van der Waals surface area contributed by atoms with Gasteiger partial charge >= 0.3 is 18.0 Å². The number of aromatic amines is 1. The monoisotopic (exact) mass is 334 g/mol. The van der Waals surface area contributed by atoms with Crippen LogP contribution in [0.3, 0.4) is 0 Å². The molecule has 22 heavy (non-hydrogen) atoms. The molecule has 0 saturated heterocycles. The molecule has 4 nitrogen and oxygen atoms in total. The van der Waals surface area contributed by atoms with Gasteiger partial charge in [0.15, 0.2) is 5.43 Å². The molecule has 1 amide bonds. The number of nitrogens with one attached hydrogen (secondary N) is 2.